The largest absolute Gasteiger partial charge is 0.508 e. The summed E-state index contributed by atoms with van der Waals surface area (Å²) in [6.07, 6.45) is 0. The van der Waals surface area contributed by atoms with Crippen LogP contribution in [0.4, 0.5) is 5.69 Å². The van der Waals surface area contributed by atoms with Gasteiger partial charge < -0.3 is 25.2 Å². The van der Waals surface area contributed by atoms with Crippen molar-refractivity contribution < 1.29 is 24.5 Å². The average molecular weight is 418 g/mol. The molecule has 0 radical (unpaired) electrons. The number of benzene rings is 3. The van der Waals surface area contributed by atoms with Crippen LogP contribution >= 0.6 is 0 Å². The van der Waals surface area contributed by atoms with Gasteiger partial charge in [-0.2, -0.15) is 0 Å². The molecule has 0 bridgehead atoms. The van der Waals surface area contributed by atoms with E-state index in [0.717, 1.165) is 22.8 Å². The summed E-state index contributed by atoms with van der Waals surface area (Å²) >= 11 is 0. The molecule has 4 rings (SSSR count). The van der Waals surface area contributed by atoms with Crippen molar-refractivity contribution in [1.82, 2.24) is 4.90 Å². The van der Waals surface area contributed by atoms with Crippen LogP contribution in [0.1, 0.15) is 34.0 Å². The van der Waals surface area contributed by atoms with E-state index in [4.69, 9.17) is 4.74 Å². The highest BCUT2D eigenvalue weighted by Crippen LogP contribution is 2.37. The molecule has 7 heteroatoms. The van der Waals surface area contributed by atoms with Gasteiger partial charge in [0.05, 0.1) is 0 Å². The molecule has 0 aromatic heterocycles. The van der Waals surface area contributed by atoms with Crippen molar-refractivity contribution in [2.24, 2.45) is 0 Å². The van der Waals surface area contributed by atoms with Gasteiger partial charge in [0.15, 0.2) is 0 Å². The Kier molecular flexibility index (Phi) is 5.49. The minimum absolute atomic E-state index is 0.0115. The van der Waals surface area contributed by atoms with Crippen LogP contribution in [0.2, 0.25) is 0 Å². The van der Waals surface area contributed by atoms with E-state index in [-0.39, 0.29) is 41.9 Å². The fourth-order valence-corrected chi connectivity index (χ4v) is 3.68. The number of rotatable bonds is 5. The Morgan fingerprint density at radius 1 is 1.03 bits per heavy atom. The van der Waals surface area contributed by atoms with E-state index in [0.29, 0.717) is 12.2 Å². The molecular weight excluding hydrogens is 396 g/mol. The smallest absolute Gasteiger partial charge is 0.262 e. The number of aromatic hydroxyl groups is 2. The lowest BCUT2D eigenvalue weighted by Gasteiger charge is -2.19. The maximum absolute atomic E-state index is 13.3. The number of nitrogens with one attached hydrogen (secondary N) is 1. The monoisotopic (exact) mass is 418 g/mol. The molecule has 0 saturated carbocycles. The van der Waals surface area contributed by atoms with Gasteiger partial charge in [0.2, 0.25) is 5.91 Å². The van der Waals surface area contributed by atoms with Crippen LogP contribution in [0.3, 0.4) is 0 Å². The average Bonchev–Trinajstić information content (AvgIpc) is 3.17. The lowest BCUT2D eigenvalue weighted by molar-refractivity contribution is -0.114. The Hall–Kier alpha value is -4.00. The molecule has 3 aromatic carbocycles. The molecule has 0 aliphatic carbocycles. The lowest BCUT2D eigenvalue weighted by atomic mass is 10.1. The second-order valence-electron chi connectivity index (χ2n) is 7.40. The van der Waals surface area contributed by atoms with E-state index >= 15 is 0 Å². The molecule has 7 nitrogen and oxygen atoms in total. The Bertz CT molecular complexity index is 1140. The number of fused-ring (bicyclic) bond motifs is 1. The van der Waals surface area contributed by atoms with Crippen molar-refractivity contribution >= 4 is 17.5 Å². The summed E-state index contributed by atoms with van der Waals surface area (Å²) in [4.78, 5) is 26.4. The first kappa shape index (κ1) is 20.3. The summed E-state index contributed by atoms with van der Waals surface area (Å²) in [5.74, 6) is -1.07. The topological polar surface area (TPSA) is 99.1 Å². The summed E-state index contributed by atoms with van der Waals surface area (Å²) in [6, 6.07) is 17.4. The highest BCUT2D eigenvalue weighted by molar-refractivity contribution is 6.00. The van der Waals surface area contributed by atoms with Crippen LogP contribution in [0.25, 0.3) is 0 Å². The minimum atomic E-state index is -0.425. The molecule has 158 valence electrons. The number of amides is 2. The molecule has 1 heterocycles. The third kappa shape index (κ3) is 4.30. The number of anilines is 1. The summed E-state index contributed by atoms with van der Waals surface area (Å²) in [5, 5.41) is 23.2. The normalized spacial score (nSPS) is 12.4. The fourth-order valence-electron chi connectivity index (χ4n) is 3.68. The van der Waals surface area contributed by atoms with Gasteiger partial charge in [0.25, 0.3) is 5.91 Å². The van der Waals surface area contributed by atoms with Crippen molar-refractivity contribution in [3.8, 4) is 17.2 Å². The molecule has 0 unspecified atom stereocenters. The molecule has 0 fully saturated rings. The van der Waals surface area contributed by atoms with E-state index in [9.17, 15) is 19.8 Å². The third-order valence-corrected chi connectivity index (χ3v) is 5.10. The molecule has 0 saturated heterocycles. The highest BCUT2D eigenvalue weighted by atomic mass is 16.5. The van der Waals surface area contributed by atoms with Crippen molar-refractivity contribution in [1.29, 1.82) is 0 Å². The van der Waals surface area contributed by atoms with Gasteiger partial charge in [-0.05, 0) is 17.2 Å². The maximum Gasteiger partial charge on any atom is 0.262 e. The van der Waals surface area contributed by atoms with Crippen molar-refractivity contribution in [3.05, 3.63) is 82.9 Å². The molecule has 3 N–H and O–H groups in total. The molecule has 3 aromatic rings. The van der Waals surface area contributed by atoms with Gasteiger partial charge in [-0.3, -0.25) is 9.59 Å². The zero-order valence-corrected chi connectivity index (χ0v) is 17.0. The Balaban J connectivity index is 1.60. The van der Waals surface area contributed by atoms with Crippen LogP contribution in [-0.4, -0.2) is 26.9 Å². The van der Waals surface area contributed by atoms with Gasteiger partial charge in [0, 0.05) is 43.4 Å². The van der Waals surface area contributed by atoms with Gasteiger partial charge >= 0.3 is 0 Å². The van der Waals surface area contributed by atoms with E-state index in [1.165, 1.54) is 13.0 Å². The number of hydrogen-bond acceptors (Lipinski definition) is 5. The summed E-state index contributed by atoms with van der Waals surface area (Å²) < 4.78 is 5.79. The molecular formula is C24H22N2O5. The first-order valence-electron chi connectivity index (χ1n) is 9.82. The van der Waals surface area contributed by atoms with Crippen LogP contribution in [0.5, 0.6) is 17.2 Å². The minimum Gasteiger partial charge on any atom is -0.508 e. The predicted octanol–water partition coefficient (Wildman–Crippen LogP) is 3.79. The Morgan fingerprint density at radius 3 is 2.55 bits per heavy atom. The van der Waals surface area contributed by atoms with Gasteiger partial charge in [-0.25, -0.2) is 0 Å². The number of nitrogens with zero attached hydrogens (tertiary/aromatic N) is 1. The van der Waals surface area contributed by atoms with E-state index in [2.05, 4.69) is 5.32 Å². The van der Waals surface area contributed by atoms with Crippen LogP contribution in [-0.2, 0) is 24.5 Å². The molecule has 0 atom stereocenters. The molecule has 31 heavy (non-hydrogen) atoms. The second-order valence-corrected chi connectivity index (χ2v) is 7.40. The van der Waals surface area contributed by atoms with E-state index < -0.39 is 5.91 Å². The first-order valence-corrected chi connectivity index (χ1v) is 9.82. The fraction of sp³-hybridized carbons (Fsp3) is 0.167. The molecule has 0 spiro atoms. The quantitative estimate of drug-likeness (QED) is 0.586. The zero-order chi connectivity index (χ0) is 22.0. The number of carbonyl (C=O) groups excluding carboxylic acids is 2. The van der Waals surface area contributed by atoms with Crippen LogP contribution < -0.4 is 10.1 Å². The standard InChI is InChI=1S/C24H22N2O5/c1-15(27)25-20-9-5-8-17-12-26(13-19(17)20)24(30)23-21(29)10-18(28)11-22(23)31-14-16-6-3-2-4-7-16/h2-11,28-29H,12-14H2,1H3,(H,25,27). The molecule has 2 amide bonds. The van der Waals surface area contributed by atoms with Gasteiger partial charge in [-0.15, -0.1) is 0 Å². The summed E-state index contributed by atoms with van der Waals surface area (Å²) in [6.45, 7) is 2.22. The zero-order valence-electron chi connectivity index (χ0n) is 17.0. The number of carbonyl (C=O) groups is 2. The highest BCUT2D eigenvalue weighted by Gasteiger charge is 2.30. The Labute approximate surface area is 179 Å². The van der Waals surface area contributed by atoms with E-state index in [1.54, 1.807) is 11.0 Å². The number of phenols is 2. The van der Waals surface area contributed by atoms with Crippen molar-refractivity contribution in [3.63, 3.8) is 0 Å². The number of phenolic OH excluding ortho intramolecular Hbond substituents is 2. The Morgan fingerprint density at radius 2 is 1.81 bits per heavy atom. The van der Waals surface area contributed by atoms with Crippen molar-refractivity contribution in [2.75, 3.05) is 5.32 Å². The predicted molar refractivity (Wildman–Crippen MR) is 115 cm³/mol. The van der Waals surface area contributed by atoms with Crippen LogP contribution in [0, 0.1) is 0 Å². The van der Waals surface area contributed by atoms with Gasteiger partial charge in [0.1, 0.15) is 29.4 Å². The number of ether oxygens (including phenoxy) is 1. The molecule has 1 aliphatic rings. The van der Waals surface area contributed by atoms with Gasteiger partial charge in [-0.1, -0.05) is 42.5 Å². The van der Waals surface area contributed by atoms with Crippen molar-refractivity contribution in [2.45, 2.75) is 26.6 Å². The second kappa shape index (κ2) is 8.39. The summed E-state index contributed by atoms with van der Waals surface area (Å²) in [5.41, 5.74) is 3.32. The maximum atomic E-state index is 13.3. The van der Waals surface area contributed by atoms with Crippen LogP contribution in [0.15, 0.2) is 60.7 Å². The van der Waals surface area contributed by atoms with E-state index in [1.807, 2.05) is 42.5 Å². The summed E-state index contributed by atoms with van der Waals surface area (Å²) in [7, 11) is 0. The third-order valence-electron chi connectivity index (χ3n) is 5.10. The SMILES string of the molecule is CC(=O)Nc1cccc2c1CN(C(=O)c1c(O)cc(O)cc1OCc1ccccc1)C2. The lowest BCUT2D eigenvalue weighted by Crippen LogP contribution is -2.26. The number of hydrogen-bond donors (Lipinski definition) is 3. The molecule has 1 aliphatic heterocycles. The first-order chi connectivity index (χ1) is 14.9.